The summed E-state index contributed by atoms with van der Waals surface area (Å²) in [6.07, 6.45) is 5.03. The lowest BCUT2D eigenvalue weighted by atomic mass is 9.85. The highest BCUT2D eigenvalue weighted by molar-refractivity contribution is 6.38. The number of aromatic nitrogens is 2. The number of halogens is 1. The van der Waals surface area contributed by atoms with Gasteiger partial charge in [-0.05, 0) is 42.4 Å². The summed E-state index contributed by atoms with van der Waals surface area (Å²) < 4.78 is 1.70. The third-order valence-corrected chi connectivity index (χ3v) is 10.2. The van der Waals surface area contributed by atoms with Crippen molar-refractivity contribution in [1.82, 2.24) is 30.6 Å². The first kappa shape index (κ1) is 34.6. The fraction of sp³-hybridized carbons (Fsp3) is 0.571. The molecule has 3 N–H and O–H groups in total. The molecule has 2 aromatic rings. The van der Waals surface area contributed by atoms with Crippen LogP contribution in [0.2, 0.25) is 5.02 Å². The van der Waals surface area contributed by atoms with E-state index in [1.165, 1.54) is 11.9 Å². The van der Waals surface area contributed by atoms with Gasteiger partial charge < -0.3 is 25.7 Å². The van der Waals surface area contributed by atoms with Crippen molar-refractivity contribution in [1.29, 1.82) is 0 Å². The van der Waals surface area contributed by atoms with Crippen molar-refractivity contribution in [3.63, 3.8) is 0 Å². The molecule has 2 unspecified atom stereocenters. The standard InChI is InChI=1S/C35H44ClN7O6/c1-34(2,3)29(39-30(45)23-15-22(23)24-11-12-42(5)40-24)33(48)43-18-35(16-26(41-49-35)20-7-6-8-21(36)14-20)17-27(43)31(46)38-25(13-19-9-10-19)28(44)32(47)37-4/h6-8,11-12,14,19,22-23,25,27,29H,9-10,13,15-18H2,1-5H3,(H,37,47)(H,38,46)(H,39,45)/t22?,23?,25-,27-,29+,35+/m0/s1. The first-order chi connectivity index (χ1) is 23.2. The van der Waals surface area contributed by atoms with E-state index < -0.39 is 52.6 Å². The Balaban J connectivity index is 1.25. The van der Waals surface area contributed by atoms with E-state index in [-0.39, 0.29) is 36.6 Å². The number of aryl methyl sites for hydroxylation is 1. The van der Waals surface area contributed by atoms with Crippen LogP contribution in [0.5, 0.6) is 0 Å². The zero-order valence-electron chi connectivity index (χ0n) is 28.5. The molecule has 1 spiro atoms. The zero-order chi connectivity index (χ0) is 35.2. The van der Waals surface area contributed by atoms with Crippen molar-refractivity contribution in [3.8, 4) is 0 Å². The minimum absolute atomic E-state index is 0.0244. The van der Waals surface area contributed by atoms with Gasteiger partial charge in [0.05, 0.1) is 24.0 Å². The molecule has 4 amide bonds. The van der Waals surface area contributed by atoms with E-state index in [4.69, 9.17) is 16.4 Å². The van der Waals surface area contributed by atoms with Crippen LogP contribution in [0.1, 0.15) is 76.5 Å². The van der Waals surface area contributed by atoms with Gasteiger partial charge >= 0.3 is 0 Å². The number of nitrogens with zero attached hydrogens (tertiary/aromatic N) is 4. The molecule has 3 fully saturated rings. The Kier molecular flexibility index (Phi) is 9.33. The summed E-state index contributed by atoms with van der Waals surface area (Å²) in [7, 11) is 3.19. The Labute approximate surface area is 290 Å². The Bertz CT molecular complexity index is 1700. The summed E-state index contributed by atoms with van der Waals surface area (Å²) in [4.78, 5) is 75.2. The average Bonchev–Trinajstić information content (AvgIpc) is 3.93. The van der Waals surface area contributed by atoms with Crippen molar-refractivity contribution in [2.24, 2.45) is 29.5 Å². The lowest BCUT2D eigenvalue weighted by Crippen LogP contribution is -2.59. The molecule has 6 rings (SSSR count). The van der Waals surface area contributed by atoms with E-state index in [1.807, 2.05) is 52.2 Å². The van der Waals surface area contributed by atoms with Crippen molar-refractivity contribution in [2.45, 2.75) is 88.9 Å². The minimum Gasteiger partial charge on any atom is -0.387 e. The van der Waals surface area contributed by atoms with Crippen LogP contribution >= 0.6 is 11.6 Å². The van der Waals surface area contributed by atoms with E-state index in [2.05, 4.69) is 26.2 Å². The highest BCUT2D eigenvalue weighted by Gasteiger charge is 2.56. The van der Waals surface area contributed by atoms with Gasteiger partial charge in [-0.15, -0.1) is 0 Å². The molecule has 1 saturated heterocycles. The first-order valence-corrected chi connectivity index (χ1v) is 17.2. The lowest BCUT2D eigenvalue weighted by molar-refractivity contribution is -0.145. The molecule has 2 saturated carbocycles. The van der Waals surface area contributed by atoms with Gasteiger partial charge in [-0.1, -0.05) is 62.5 Å². The summed E-state index contributed by atoms with van der Waals surface area (Å²) >= 11 is 6.24. The number of oxime groups is 1. The number of hydrogen-bond donors (Lipinski definition) is 3. The Hall–Kier alpha value is -4.26. The topological polar surface area (TPSA) is 164 Å². The Morgan fingerprint density at radius 1 is 1.10 bits per heavy atom. The summed E-state index contributed by atoms with van der Waals surface area (Å²) in [5.74, 6) is -2.89. The SMILES string of the molecule is CNC(=O)C(=O)[C@H](CC1CC1)NC(=O)[C@@H]1C[C@]2(CC(c3cccc(Cl)c3)=NO2)CN1C(=O)[C@@H](NC(=O)C1CC1c1ccn(C)n1)C(C)(C)C. The zero-order valence-corrected chi connectivity index (χ0v) is 29.3. The number of ketones is 1. The monoisotopic (exact) mass is 693 g/mol. The lowest BCUT2D eigenvalue weighted by Gasteiger charge is -2.35. The summed E-state index contributed by atoms with van der Waals surface area (Å²) in [6.45, 7) is 5.61. The predicted octanol–water partition coefficient (Wildman–Crippen LogP) is 2.47. The third kappa shape index (κ3) is 7.51. The maximum Gasteiger partial charge on any atom is 0.289 e. The number of Topliss-reactive ketones (excluding diaryl/α,β-unsaturated/α-hetero) is 1. The van der Waals surface area contributed by atoms with Crippen LogP contribution in [0.15, 0.2) is 41.7 Å². The highest BCUT2D eigenvalue weighted by atomic mass is 35.5. The van der Waals surface area contributed by atoms with E-state index in [0.29, 0.717) is 30.0 Å². The number of amides is 4. The molecule has 1 aromatic carbocycles. The van der Waals surface area contributed by atoms with E-state index in [1.54, 1.807) is 16.8 Å². The summed E-state index contributed by atoms with van der Waals surface area (Å²) in [6, 6.07) is 6.04. The number of nitrogens with one attached hydrogen (secondary N) is 3. The molecular formula is C35H44ClN7O6. The smallest absolute Gasteiger partial charge is 0.289 e. The first-order valence-electron chi connectivity index (χ1n) is 16.9. The molecule has 0 bridgehead atoms. The maximum atomic E-state index is 14.6. The summed E-state index contributed by atoms with van der Waals surface area (Å²) in [5, 5.41) is 17.5. The number of likely N-dealkylation sites (tertiary alicyclic amines) is 1. The molecule has 3 heterocycles. The van der Waals surface area contributed by atoms with E-state index in [9.17, 15) is 24.0 Å². The molecule has 2 aliphatic carbocycles. The molecule has 2 aliphatic heterocycles. The summed E-state index contributed by atoms with van der Waals surface area (Å²) in [5.41, 5.74) is 0.482. The van der Waals surface area contributed by atoms with E-state index >= 15 is 0 Å². The molecule has 262 valence electrons. The van der Waals surface area contributed by atoms with Crippen LogP contribution in [-0.2, 0) is 35.9 Å². The molecular weight excluding hydrogens is 650 g/mol. The van der Waals surface area contributed by atoms with Crippen LogP contribution in [-0.4, -0.2) is 87.1 Å². The predicted molar refractivity (Wildman–Crippen MR) is 180 cm³/mol. The minimum atomic E-state index is -1.05. The third-order valence-electron chi connectivity index (χ3n) is 9.97. The van der Waals surface area contributed by atoms with Gasteiger partial charge in [0.25, 0.3) is 5.91 Å². The van der Waals surface area contributed by atoms with Crippen LogP contribution in [0.4, 0.5) is 0 Å². The molecule has 49 heavy (non-hydrogen) atoms. The molecule has 4 aliphatic rings. The van der Waals surface area contributed by atoms with Gasteiger partial charge in [-0.3, -0.25) is 28.7 Å². The molecule has 6 atom stereocenters. The Morgan fingerprint density at radius 2 is 1.86 bits per heavy atom. The largest absolute Gasteiger partial charge is 0.387 e. The van der Waals surface area contributed by atoms with Crippen LogP contribution in [0.3, 0.4) is 0 Å². The van der Waals surface area contributed by atoms with Gasteiger partial charge in [0.2, 0.25) is 23.5 Å². The van der Waals surface area contributed by atoms with Crippen molar-refractivity contribution >= 4 is 46.7 Å². The number of carbonyl (C=O) groups is 5. The van der Waals surface area contributed by atoms with Gasteiger partial charge in [-0.25, -0.2) is 0 Å². The molecule has 14 heteroatoms. The quantitative estimate of drug-likeness (QED) is 0.305. The van der Waals surface area contributed by atoms with Gasteiger partial charge in [0.1, 0.15) is 12.1 Å². The normalized spacial score (nSPS) is 25.6. The number of carbonyl (C=O) groups excluding carboxylic acids is 5. The second-order valence-electron chi connectivity index (χ2n) is 15.0. The number of likely N-dealkylation sites (N-methyl/N-ethyl adjacent to an activating group) is 1. The fourth-order valence-corrected chi connectivity index (χ4v) is 7.12. The number of rotatable bonds is 11. The van der Waals surface area contributed by atoms with Crippen molar-refractivity contribution in [2.75, 3.05) is 13.6 Å². The molecule has 0 radical (unpaired) electrons. The maximum absolute atomic E-state index is 14.6. The van der Waals surface area contributed by atoms with Crippen LogP contribution in [0.25, 0.3) is 0 Å². The van der Waals surface area contributed by atoms with Crippen LogP contribution in [0, 0.1) is 17.3 Å². The highest BCUT2D eigenvalue weighted by Crippen LogP contribution is 2.47. The molecule has 1 aromatic heterocycles. The Morgan fingerprint density at radius 3 is 2.49 bits per heavy atom. The van der Waals surface area contributed by atoms with Crippen molar-refractivity contribution < 1.29 is 28.8 Å². The average molecular weight is 694 g/mol. The fourth-order valence-electron chi connectivity index (χ4n) is 6.93. The van der Waals surface area contributed by atoms with E-state index in [0.717, 1.165) is 24.1 Å². The van der Waals surface area contributed by atoms with Crippen LogP contribution < -0.4 is 16.0 Å². The molecule has 13 nitrogen and oxygen atoms in total. The number of benzene rings is 1. The van der Waals surface area contributed by atoms with Crippen molar-refractivity contribution in [3.05, 3.63) is 52.8 Å². The number of hydrogen-bond acceptors (Lipinski definition) is 8. The second-order valence-corrected chi connectivity index (χ2v) is 15.5. The second kappa shape index (κ2) is 13.2. The van der Waals surface area contributed by atoms with Gasteiger partial charge in [0, 0.05) is 55.6 Å². The van der Waals surface area contributed by atoms with Gasteiger partial charge in [-0.2, -0.15) is 5.10 Å². The van der Waals surface area contributed by atoms with Gasteiger partial charge in [0.15, 0.2) is 5.60 Å².